The number of fused-ring (bicyclic) bond motifs is 1. The van der Waals surface area contributed by atoms with Gasteiger partial charge in [0.05, 0.1) is 11.9 Å². The molecule has 9 nitrogen and oxygen atoms in total. The van der Waals surface area contributed by atoms with Gasteiger partial charge in [-0.05, 0) is 48.2 Å². The lowest BCUT2D eigenvalue weighted by Crippen LogP contribution is -2.50. The summed E-state index contributed by atoms with van der Waals surface area (Å²) >= 11 is 3.50. The van der Waals surface area contributed by atoms with Gasteiger partial charge in [-0.3, -0.25) is 13.9 Å². The summed E-state index contributed by atoms with van der Waals surface area (Å²) in [6.45, 7) is 2.87. The summed E-state index contributed by atoms with van der Waals surface area (Å²) < 4.78 is 38.3. The van der Waals surface area contributed by atoms with Crippen molar-refractivity contribution in [3.05, 3.63) is 88.4 Å². The summed E-state index contributed by atoms with van der Waals surface area (Å²) in [7, 11) is -3.64. The maximum atomic E-state index is 13.9. The fraction of sp³-hybridized carbons (Fsp3) is 0.355. The van der Waals surface area contributed by atoms with Crippen LogP contribution in [0.4, 0.5) is 5.69 Å². The van der Waals surface area contributed by atoms with Crippen LogP contribution in [0.15, 0.2) is 77.3 Å². The first-order chi connectivity index (χ1) is 20.2. The van der Waals surface area contributed by atoms with Crippen LogP contribution in [0.5, 0.6) is 11.5 Å². The molecule has 11 heteroatoms. The van der Waals surface area contributed by atoms with Crippen LogP contribution >= 0.6 is 15.9 Å². The van der Waals surface area contributed by atoms with Crippen molar-refractivity contribution in [2.45, 2.75) is 45.2 Å². The topological polar surface area (TPSA) is 105 Å². The fourth-order valence-corrected chi connectivity index (χ4v) is 6.20. The molecule has 0 bridgehead atoms. The van der Waals surface area contributed by atoms with Gasteiger partial charge < -0.3 is 19.7 Å². The minimum Gasteiger partial charge on any atom is -0.454 e. The first-order valence-electron chi connectivity index (χ1n) is 13.9. The number of halogens is 1. The van der Waals surface area contributed by atoms with E-state index in [4.69, 9.17) is 9.47 Å². The Balaban J connectivity index is 1.56. The van der Waals surface area contributed by atoms with E-state index in [2.05, 4.69) is 21.2 Å². The Hall–Kier alpha value is -3.57. The normalized spacial score (nSPS) is 12.9. The zero-order chi connectivity index (χ0) is 30.1. The second-order valence-electron chi connectivity index (χ2n) is 10.1. The van der Waals surface area contributed by atoms with Gasteiger partial charge in [0, 0.05) is 43.0 Å². The van der Waals surface area contributed by atoms with Crippen molar-refractivity contribution in [2.75, 3.05) is 30.4 Å². The lowest BCUT2D eigenvalue weighted by atomic mass is 10.0. The molecule has 1 unspecified atom stereocenters. The maximum absolute atomic E-state index is 13.9. The number of carbonyl (C=O) groups is 2. The average molecular weight is 659 g/mol. The Labute approximate surface area is 256 Å². The van der Waals surface area contributed by atoms with Gasteiger partial charge in [-0.2, -0.15) is 0 Å². The monoisotopic (exact) mass is 657 g/mol. The number of amides is 2. The number of ether oxygens (including phenoxy) is 2. The molecule has 0 aliphatic carbocycles. The highest BCUT2D eigenvalue weighted by molar-refractivity contribution is 9.10. The van der Waals surface area contributed by atoms with Gasteiger partial charge in [0.1, 0.15) is 6.04 Å². The number of carbonyl (C=O) groups excluding carboxylic acids is 2. The number of rotatable bonds is 14. The Kier molecular flexibility index (Phi) is 10.9. The van der Waals surface area contributed by atoms with E-state index in [1.54, 1.807) is 23.1 Å². The maximum Gasteiger partial charge on any atom is 0.243 e. The van der Waals surface area contributed by atoms with Crippen LogP contribution in [-0.4, -0.2) is 57.3 Å². The van der Waals surface area contributed by atoms with E-state index in [0.29, 0.717) is 30.2 Å². The third kappa shape index (κ3) is 8.48. The molecular weight excluding hydrogens is 622 g/mol. The Bertz CT molecular complexity index is 1480. The van der Waals surface area contributed by atoms with Crippen LogP contribution in [0.25, 0.3) is 0 Å². The quantitative estimate of drug-likeness (QED) is 0.265. The van der Waals surface area contributed by atoms with E-state index < -0.39 is 16.1 Å². The Morgan fingerprint density at radius 1 is 0.976 bits per heavy atom. The predicted molar refractivity (Wildman–Crippen MR) is 166 cm³/mol. The number of nitrogens with zero attached hydrogens (tertiary/aromatic N) is 2. The summed E-state index contributed by atoms with van der Waals surface area (Å²) in [5.74, 6) is 0.569. The van der Waals surface area contributed by atoms with Crippen LogP contribution in [0.1, 0.15) is 37.3 Å². The van der Waals surface area contributed by atoms with Gasteiger partial charge in [0.25, 0.3) is 0 Å². The summed E-state index contributed by atoms with van der Waals surface area (Å²) in [4.78, 5) is 29.0. The third-order valence-electron chi connectivity index (χ3n) is 6.86. The van der Waals surface area contributed by atoms with E-state index in [-0.39, 0.29) is 44.5 Å². The van der Waals surface area contributed by atoms with Gasteiger partial charge in [0.2, 0.25) is 28.6 Å². The molecule has 42 heavy (non-hydrogen) atoms. The van der Waals surface area contributed by atoms with E-state index in [1.807, 2.05) is 61.5 Å². The second kappa shape index (κ2) is 14.6. The summed E-state index contributed by atoms with van der Waals surface area (Å²) in [6.07, 6.45) is 2.56. The SMILES string of the molecule is CCCNC(=O)C(Cc1ccccc1)N(Cc1cccc(Br)c1)C(=O)CCCN(c1ccc2c(c1)OCO2)S(C)(=O)=O. The van der Waals surface area contributed by atoms with Crippen LogP contribution in [0.3, 0.4) is 0 Å². The molecule has 0 fully saturated rings. The van der Waals surface area contributed by atoms with Gasteiger partial charge in [0.15, 0.2) is 11.5 Å². The minimum atomic E-state index is -3.64. The number of sulfonamides is 1. The second-order valence-corrected chi connectivity index (χ2v) is 12.9. The largest absolute Gasteiger partial charge is 0.454 e. The van der Waals surface area contributed by atoms with E-state index in [1.165, 1.54) is 4.31 Å². The van der Waals surface area contributed by atoms with Crippen molar-refractivity contribution in [2.24, 2.45) is 0 Å². The van der Waals surface area contributed by atoms with E-state index in [0.717, 1.165) is 28.3 Å². The molecule has 1 aliphatic rings. The molecule has 3 aromatic rings. The van der Waals surface area contributed by atoms with Gasteiger partial charge in [-0.15, -0.1) is 0 Å². The van der Waals surface area contributed by atoms with Gasteiger partial charge >= 0.3 is 0 Å². The smallest absolute Gasteiger partial charge is 0.243 e. The summed E-state index contributed by atoms with van der Waals surface area (Å²) in [5.41, 5.74) is 2.24. The van der Waals surface area contributed by atoms with Crippen LogP contribution < -0.4 is 19.1 Å². The third-order valence-corrected chi connectivity index (χ3v) is 8.55. The highest BCUT2D eigenvalue weighted by atomic mass is 79.9. The molecular formula is C31H36BrN3O6S. The van der Waals surface area contributed by atoms with Crippen molar-refractivity contribution in [1.82, 2.24) is 10.2 Å². The highest BCUT2D eigenvalue weighted by Crippen LogP contribution is 2.36. The lowest BCUT2D eigenvalue weighted by molar-refractivity contribution is -0.141. The molecule has 0 spiro atoms. The summed E-state index contributed by atoms with van der Waals surface area (Å²) in [6, 6.07) is 21.5. The fourth-order valence-electron chi connectivity index (χ4n) is 4.80. The molecule has 224 valence electrons. The average Bonchev–Trinajstić information content (AvgIpc) is 3.44. The molecule has 1 heterocycles. The first-order valence-corrected chi connectivity index (χ1v) is 16.5. The van der Waals surface area contributed by atoms with E-state index in [9.17, 15) is 18.0 Å². The van der Waals surface area contributed by atoms with Crippen molar-refractivity contribution < 1.29 is 27.5 Å². The molecule has 0 saturated heterocycles. The van der Waals surface area contributed by atoms with E-state index >= 15 is 0 Å². The number of hydrogen-bond donors (Lipinski definition) is 1. The zero-order valence-electron chi connectivity index (χ0n) is 23.8. The minimum absolute atomic E-state index is 0.0525. The predicted octanol–water partition coefficient (Wildman–Crippen LogP) is 4.89. The van der Waals surface area contributed by atoms with Crippen molar-refractivity contribution >= 4 is 43.5 Å². The number of anilines is 1. The standard InChI is InChI=1S/C31H36BrN3O6S/c1-3-16-33-31(37)27(19-23-9-5-4-6-10-23)34(21-24-11-7-12-25(32)18-24)30(36)13-8-17-35(42(2,38)39)26-14-15-28-29(20-26)41-22-40-28/h4-7,9-12,14-15,18,20,27H,3,8,13,16-17,19,21-22H2,1-2H3,(H,33,37). The molecule has 0 radical (unpaired) electrons. The molecule has 0 aromatic heterocycles. The molecule has 1 aliphatic heterocycles. The molecule has 0 saturated carbocycles. The van der Waals surface area contributed by atoms with Crippen LogP contribution in [-0.2, 0) is 32.6 Å². The molecule has 1 N–H and O–H groups in total. The van der Waals surface area contributed by atoms with Crippen molar-refractivity contribution in [3.63, 3.8) is 0 Å². The van der Waals surface area contributed by atoms with Crippen LogP contribution in [0, 0.1) is 0 Å². The van der Waals surface area contributed by atoms with Crippen molar-refractivity contribution in [3.8, 4) is 11.5 Å². The molecule has 2 amide bonds. The molecule has 1 atom stereocenters. The number of hydrogen-bond acceptors (Lipinski definition) is 6. The first kappa shape index (κ1) is 31.4. The van der Waals surface area contributed by atoms with Gasteiger partial charge in [-0.1, -0.05) is 65.3 Å². The molecule has 4 rings (SSSR count). The number of benzene rings is 3. The zero-order valence-corrected chi connectivity index (χ0v) is 26.2. The Morgan fingerprint density at radius 2 is 1.71 bits per heavy atom. The van der Waals surface area contributed by atoms with Crippen molar-refractivity contribution in [1.29, 1.82) is 0 Å². The summed E-state index contributed by atoms with van der Waals surface area (Å²) in [5, 5.41) is 2.97. The van der Waals surface area contributed by atoms with Crippen LogP contribution in [0.2, 0.25) is 0 Å². The van der Waals surface area contributed by atoms with Gasteiger partial charge in [-0.25, -0.2) is 8.42 Å². The highest BCUT2D eigenvalue weighted by Gasteiger charge is 2.30. The Morgan fingerprint density at radius 3 is 2.43 bits per heavy atom. The number of nitrogens with one attached hydrogen (secondary N) is 1. The molecule has 3 aromatic carbocycles. The lowest BCUT2D eigenvalue weighted by Gasteiger charge is -2.32.